The molecule has 27 heavy (non-hydrogen) atoms. The molecule has 0 bridgehead atoms. The Balaban J connectivity index is 1.66. The first-order chi connectivity index (χ1) is 13.0. The fourth-order valence-electron chi connectivity index (χ4n) is 2.93. The molecule has 3 aromatic heterocycles. The Bertz CT molecular complexity index is 1180. The molecule has 7 nitrogen and oxygen atoms in total. The number of benzene rings is 1. The minimum Gasteiger partial charge on any atom is -0.361 e. The minimum atomic E-state index is -0.309. The number of nitrogens with zero attached hydrogens (tertiary/aromatic N) is 3. The lowest BCUT2D eigenvalue weighted by Gasteiger charge is -2.14. The third kappa shape index (κ3) is 3.29. The SMILES string of the molecule is Cc1oncc1-c1ccnc(N[C@@H](C)c2cc3cccc(Cl)c3[nH]c2=O)n1. The molecule has 0 amide bonds. The number of pyridine rings is 1. The Kier molecular flexibility index (Phi) is 4.37. The van der Waals surface area contributed by atoms with Gasteiger partial charge in [-0.05, 0) is 32.0 Å². The monoisotopic (exact) mass is 381 g/mol. The smallest absolute Gasteiger partial charge is 0.253 e. The fraction of sp³-hybridized carbons (Fsp3) is 0.158. The molecule has 0 saturated heterocycles. The number of rotatable bonds is 4. The molecule has 1 atom stereocenters. The van der Waals surface area contributed by atoms with Crippen molar-refractivity contribution in [1.82, 2.24) is 20.1 Å². The van der Waals surface area contributed by atoms with E-state index in [1.165, 1.54) is 0 Å². The molecule has 4 rings (SSSR count). The number of para-hydroxylation sites is 1. The van der Waals surface area contributed by atoms with Crippen LogP contribution in [0.4, 0.5) is 5.95 Å². The molecule has 136 valence electrons. The van der Waals surface area contributed by atoms with Crippen molar-refractivity contribution in [3.63, 3.8) is 0 Å². The van der Waals surface area contributed by atoms with Crippen molar-refractivity contribution in [3.8, 4) is 11.3 Å². The highest BCUT2D eigenvalue weighted by molar-refractivity contribution is 6.35. The lowest BCUT2D eigenvalue weighted by molar-refractivity contribution is 0.398. The summed E-state index contributed by atoms with van der Waals surface area (Å²) in [7, 11) is 0. The van der Waals surface area contributed by atoms with Crippen LogP contribution in [0, 0.1) is 6.92 Å². The highest BCUT2D eigenvalue weighted by atomic mass is 35.5. The van der Waals surface area contributed by atoms with Gasteiger partial charge in [-0.15, -0.1) is 0 Å². The zero-order valence-electron chi connectivity index (χ0n) is 14.7. The number of aromatic nitrogens is 4. The van der Waals surface area contributed by atoms with Crippen LogP contribution in [0.1, 0.15) is 24.3 Å². The number of anilines is 1. The first-order valence-corrected chi connectivity index (χ1v) is 8.73. The molecule has 0 fully saturated rings. The van der Waals surface area contributed by atoms with Crippen LogP contribution in [0.5, 0.6) is 0 Å². The molecule has 0 spiro atoms. The minimum absolute atomic E-state index is 0.207. The summed E-state index contributed by atoms with van der Waals surface area (Å²) in [4.78, 5) is 24.1. The maximum absolute atomic E-state index is 12.5. The number of hydrogen-bond donors (Lipinski definition) is 2. The Morgan fingerprint density at radius 2 is 2.15 bits per heavy atom. The van der Waals surface area contributed by atoms with Crippen LogP contribution in [0.25, 0.3) is 22.2 Å². The van der Waals surface area contributed by atoms with E-state index in [0.29, 0.717) is 33.5 Å². The van der Waals surface area contributed by atoms with Crippen molar-refractivity contribution in [1.29, 1.82) is 0 Å². The van der Waals surface area contributed by atoms with Gasteiger partial charge in [0.1, 0.15) is 5.76 Å². The molecule has 0 radical (unpaired) electrons. The van der Waals surface area contributed by atoms with Gasteiger partial charge in [0, 0.05) is 17.1 Å². The maximum atomic E-state index is 12.5. The second-order valence-corrected chi connectivity index (χ2v) is 6.59. The standard InChI is InChI=1S/C19H16ClN5O2/c1-10(13-8-12-4-3-5-15(20)17(12)25-18(13)26)23-19-21-7-6-16(24-19)14-9-22-27-11(14)2/h3-10H,1-2H3,(H,25,26)(H,21,23,24)/t10-/m0/s1. The summed E-state index contributed by atoms with van der Waals surface area (Å²) >= 11 is 6.15. The van der Waals surface area contributed by atoms with E-state index in [0.717, 1.165) is 10.9 Å². The van der Waals surface area contributed by atoms with Crippen LogP contribution in [0.15, 0.2) is 52.0 Å². The second kappa shape index (κ2) is 6.85. The van der Waals surface area contributed by atoms with Gasteiger partial charge in [0.2, 0.25) is 5.95 Å². The molecule has 0 aliphatic carbocycles. The quantitative estimate of drug-likeness (QED) is 0.552. The lowest BCUT2D eigenvalue weighted by atomic mass is 10.1. The number of H-pyrrole nitrogens is 1. The van der Waals surface area contributed by atoms with Crippen molar-refractivity contribution < 1.29 is 4.52 Å². The predicted octanol–water partition coefficient (Wildman–Crippen LogP) is 4.11. The summed E-state index contributed by atoms with van der Waals surface area (Å²) in [6, 6.07) is 8.78. The van der Waals surface area contributed by atoms with E-state index in [4.69, 9.17) is 16.1 Å². The van der Waals surface area contributed by atoms with E-state index in [1.807, 2.05) is 32.0 Å². The highest BCUT2D eigenvalue weighted by Gasteiger charge is 2.15. The summed E-state index contributed by atoms with van der Waals surface area (Å²) in [5, 5.41) is 8.32. The average Bonchev–Trinajstić information content (AvgIpc) is 3.08. The molecule has 0 aliphatic heterocycles. The van der Waals surface area contributed by atoms with Crippen molar-refractivity contribution >= 4 is 28.5 Å². The van der Waals surface area contributed by atoms with Gasteiger partial charge in [0.05, 0.1) is 34.0 Å². The Morgan fingerprint density at radius 3 is 2.93 bits per heavy atom. The van der Waals surface area contributed by atoms with Gasteiger partial charge >= 0.3 is 0 Å². The molecule has 1 aromatic carbocycles. The fourth-order valence-corrected chi connectivity index (χ4v) is 3.16. The van der Waals surface area contributed by atoms with E-state index < -0.39 is 0 Å². The van der Waals surface area contributed by atoms with E-state index >= 15 is 0 Å². The molecule has 2 N–H and O–H groups in total. The number of hydrogen-bond acceptors (Lipinski definition) is 6. The number of aromatic amines is 1. The van der Waals surface area contributed by atoms with E-state index in [2.05, 4.69) is 25.4 Å². The van der Waals surface area contributed by atoms with Gasteiger partial charge in [0.15, 0.2) is 0 Å². The van der Waals surface area contributed by atoms with Gasteiger partial charge < -0.3 is 14.8 Å². The average molecular weight is 382 g/mol. The van der Waals surface area contributed by atoms with Crippen LogP contribution in [0.2, 0.25) is 5.02 Å². The van der Waals surface area contributed by atoms with E-state index in [9.17, 15) is 4.79 Å². The number of halogens is 1. The number of fused-ring (bicyclic) bond motifs is 1. The summed E-state index contributed by atoms with van der Waals surface area (Å²) in [5.74, 6) is 1.08. The first-order valence-electron chi connectivity index (χ1n) is 8.35. The van der Waals surface area contributed by atoms with Crippen molar-refractivity contribution in [2.75, 3.05) is 5.32 Å². The summed E-state index contributed by atoms with van der Waals surface area (Å²) in [6.07, 6.45) is 3.26. The van der Waals surface area contributed by atoms with Gasteiger partial charge in [0.25, 0.3) is 5.56 Å². The molecule has 8 heteroatoms. The molecule has 4 aromatic rings. The predicted molar refractivity (Wildman–Crippen MR) is 104 cm³/mol. The highest BCUT2D eigenvalue weighted by Crippen LogP contribution is 2.24. The first kappa shape index (κ1) is 17.2. The van der Waals surface area contributed by atoms with Crippen LogP contribution >= 0.6 is 11.6 Å². The molecule has 0 saturated carbocycles. The third-order valence-corrected chi connectivity index (χ3v) is 4.67. The number of aryl methyl sites for hydroxylation is 1. The Hall–Kier alpha value is -3.19. The molecule has 3 heterocycles. The summed E-state index contributed by atoms with van der Waals surface area (Å²) in [5.41, 5.74) is 2.48. The summed E-state index contributed by atoms with van der Waals surface area (Å²) in [6.45, 7) is 3.70. The topological polar surface area (TPSA) is 96.7 Å². The molecular formula is C19H16ClN5O2. The van der Waals surface area contributed by atoms with Crippen molar-refractivity contribution in [2.45, 2.75) is 19.9 Å². The van der Waals surface area contributed by atoms with Gasteiger partial charge in [-0.25, -0.2) is 9.97 Å². The Morgan fingerprint density at radius 1 is 1.30 bits per heavy atom. The van der Waals surface area contributed by atoms with E-state index in [1.54, 1.807) is 24.5 Å². The van der Waals surface area contributed by atoms with E-state index in [-0.39, 0.29) is 11.6 Å². The Labute approximate surface area is 159 Å². The number of nitrogens with one attached hydrogen (secondary N) is 2. The maximum Gasteiger partial charge on any atom is 0.253 e. The second-order valence-electron chi connectivity index (χ2n) is 6.19. The van der Waals surface area contributed by atoms with Crippen molar-refractivity contribution in [2.24, 2.45) is 0 Å². The van der Waals surface area contributed by atoms with Crippen LogP contribution in [-0.2, 0) is 0 Å². The zero-order chi connectivity index (χ0) is 19.0. The lowest BCUT2D eigenvalue weighted by Crippen LogP contribution is -2.20. The third-order valence-electron chi connectivity index (χ3n) is 4.35. The van der Waals surface area contributed by atoms with Gasteiger partial charge in [-0.2, -0.15) is 0 Å². The summed E-state index contributed by atoms with van der Waals surface area (Å²) < 4.78 is 5.09. The normalized spacial score (nSPS) is 12.3. The van der Waals surface area contributed by atoms with Crippen LogP contribution in [-0.4, -0.2) is 20.1 Å². The van der Waals surface area contributed by atoms with Crippen LogP contribution in [0.3, 0.4) is 0 Å². The molecule has 0 unspecified atom stereocenters. The van der Waals surface area contributed by atoms with Gasteiger partial charge in [-0.3, -0.25) is 4.79 Å². The largest absolute Gasteiger partial charge is 0.361 e. The zero-order valence-corrected chi connectivity index (χ0v) is 15.4. The van der Waals surface area contributed by atoms with Crippen molar-refractivity contribution in [3.05, 3.63) is 69.4 Å². The molecule has 0 aliphatic rings. The van der Waals surface area contributed by atoms with Crippen LogP contribution < -0.4 is 10.9 Å². The van der Waals surface area contributed by atoms with Gasteiger partial charge in [-0.1, -0.05) is 28.9 Å². The molecular weight excluding hydrogens is 366 g/mol.